The molecular formula is C11H15NO2. The molecule has 1 aliphatic heterocycles. The summed E-state index contributed by atoms with van der Waals surface area (Å²) in [5.41, 5.74) is 0.918. The topological polar surface area (TPSA) is 56.5 Å². The van der Waals surface area contributed by atoms with E-state index < -0.39 is 6.29 Å². The highest BCUT2D eigenvalue weighted by Crippen LogP contribution is 2.64. The first kappa shape index (κ1) is 9.70. The summed E-state index contributed by atoms with van der Waals surface area (Å²) in [6.07, 6.45) is 1.43. The van der Waals surface area contributed by atoms with Crippen molar-refractivity contribution in [2.45, 2.75) is 33.2 Å². The molecule has 1 aliphatic carbocycles. The molecule has 0 radical (unpaired) electrons. The van der Waals surface area contributed by atoms with E-state index in [4.69, 9.17) is 10.00 Å². The quantitative estimate of drug-likeness (QED) is 0.533. The fourth-order valence-corrected chi connectivity index (χ4v) is 2.35. The summed E-state index contributed by atoms with van der Waals surface area (Å²) in [5.74, 6) is 0.755. The summed E-state index contributed by atoms with van der Waals surface area (Å²) in [6, 6.07) is 2.12. The van der Waals surface area contributed by atoms with Crippen molar-refractivity contribution in [3.05, 3.63) is 11.6 Å². The van der Waals surface area contributed by atoms with E-state index in [0.717, 1.165) is 5.57 Å². The maximum Gasteiger partial charge on any atom is 0.182 e. The van der Waals surface area contributed by atoms with Crippen molar-refractivity contribution in [3.8, 4) is 6.07 Å². The van der Waals surface area contributed by atoms with Crippen LogP contribution in [-0.2, 0) is 4.74 Å². The fourth-order valence-electron chi connectivity index (χ4n) is 2.35. The number of rotatable bonds is 2. The second kappa shape index (κ2) is 2.82. The first-order valence-electron chi connectivity index (χ1n) is 4.90. The Kier molecular flexibility index (Phi) is 1.95. The molecule has 1 saturated heterocycles. The lowest BCUT2D eigenvalue weighted by atomic mass is 10.1. The Morgan fingerprint density at radius 1 is 1.57 bits per heavy atom. The van der Waals surface area contributed by atoms with Gasteiger partial charge in [-0.1, -0.05) is 19.9 Å². The first-order valence-corrected chi connectivity index (χ1v) is 4.90. The van der Waals surface area contributed by atoms with E-state index in [1.54, 1.807) is 0 Å². The molecule has 0 aromatic rings. The van der Waals surface area contributed by atoms with Gasteiger partial charge in [-0.25, -0.2) is 0 Å². The van der Waals surface area contributed by atoms with Crippen molar-refractivity contribution in [2.24, 2.45) is 17.3 Å². The zero-order valence-electron chi connectivity index (χ0n) is 8.69. The highest BCUT2D eigenvalue weighted by Gasteiger charge is 2.66. The van der Waals surface area contributed by atoms with Crippen LogP contribution >= 0.6 is 0 Å². The van der Waals surface area contributed by atoms with Crippen LogP contribution in [0.25, 0.3) is 0 Å². The molecule has 0 spiro atoms. The number of ether oxygens (including phenoxy) is 1. The molecule has 2 aliphatic rings. The molecule has 2 rings (SSSR count). The fraction of sp³-hybridized carbons (Fsp3) is 0.727. The van der Waals surface area contributed by atoms with Gasteiger partial charge in [0.1, 0.15) is 6.10 Å². The summed E-state index contributed by atoms with van der Waals surface area (Å²) in [6.45, 7) is 6.12. The number of hydrogen-bond donors (Lipinski definition) is 1. The molecule has 3 nitrogen and oxygen atoms in total. The Morgan fingerprint density at radius 3 is 2.57 bits per heavy atom. The summed E-state index contributed by atoms with van der Waals surface area (Å²) in [7, 11) is 0. The van der Waals surface area contributed by atoms with Crippen LogP contribution in [-0.4, -0.2) is 17.5 Å². The van der Waals surface area contributed by atoms with E-state index in [0.29, 0.717) is 11.8 Å². The number of nitrogens with zero attached hydrogens (tertiary/aromatic N) is 1. The lowest BCUT2D eigenvalue weighted by Crippen LogP contribution is -2.00. The van der Waals surface area contributed by atoms with E-state index in [2.05, 4.69) is 19.9 Å². The second-order valence-electron chi connectivity index (χ2n) is 4.83. The van der Waals surface area contributed by atoms with Gasteiger partial charge in [0.05, 0.1) is 6.07 Å². The molecule has 0 aromatic carbocycles. The molecule has 2 fully saturated rings. The van der Waals surface area contributed by atoms with E-state index >= 15 is 0 Å². The number of hydrogen-bond acceptors (Lipinski definition) is 3. The lowest BCUT2D eigenvalue weighted by Gasteiger charge is -1.97. The third-order valence-corrected chi connectivity index (χ3v) is 3.46. The van der Waals surface area contributed by atoms with E-state index in [1.165, 1.54) is 0 Å². The van der Waals surface area contributed by atoms with E-state index in [9.17, 15) is 5.11 Å². The molecule has 0 aromatic heterocycles. The van der Waals surface area contributed by atoms with Gasteiger partial charge in [0.2, 0.25) is 0 Å². The van der Waals surface area contributed by atoms with Gasteiger partial charge in [0.25, 0.3) is 0 Å². The van der Waals surface area contributed by atoms with Crippen molar-refractivity contribution in [3.63, 3.8) is 0 Å². The predicted molar refractivity (Wildman–Crippen MR) is 51.0 cm³/mol. The van der Waals surface area contributed by atoms with Gasteiger partial charge in [0, 0.05) is 11.5 Å². The molecule has 1 heterocycles. The van der Waals surface area contributed by atoms with Crippen LogP contribution in [0.2, 0.25) is 0 Å². The Balaban J connectivity index is 2.06. The second-order valence-corrected chi connectivity index (χ2v) is 4.83. The van der Waals surface area contributed by atoms with Crippen molar-refractivity contribution in [2.75, 3.05) is 0 Å². The van der Waals surface area contributed by atoms with Gasteiger partial charge < -0.3 is 9.84 Å². The van der Waals surface area contributed by atoms with Crippen LogP contribution in [0.1, 0.15) is 20.8 Å². The number of nitriles is 1. The molecule has 3 unspecified atom stereocenters. The Morgan fingerprint density at radius 2 is 2.14 bits per heavy atom. The van der Waals surface area contributed by atoms with Crippen LogP contribution in [0.5, 0.6) is 0 Å². The minimum atomic E-state index is -0.569. The van der Waals surface area contributed by atoms with Gasteiger partial charge in [-0.15, -0.1) is 0 Å². The Hall–Kier alpha value is -0.850. The Labute approximate surface area is 84.0 Å². The highest BCUT2D eigenvalue weighted by molar-refractivity contribution is 5.27. The SMILES string of the molecule is C/C(C#N)=C/[C@@H]1C(C2OC2O)C1(C)C. The summed E-state index contributed by atoms with van der Waals surface area (Å²) < 4.78 is 5.07. The summed E-state index contributed by atoms with van der Waals surface area (Å²) in [5, 5.41) is 17.8. The average Bonchev–Trinajstić information content (AvgIpc) is 2.92. The van der Waals surface area contributed by atoms with Crippen molar-refractivity contribution in [1.82, 2.24) is 0 Å². The normalized spacial score (nSPS) is 44.4. The highest BCUT2D eigenvalue weighted by atomic mass is 16.7. The van der Waals surface area contributed by atoms with Gasteiger partial charge >= 0.3 is 0 Å². The summed E-state index contributed by atoms with van der Waals surface area (Å²) >= 11 is 0. The molecule has 1 saturated carbocycles. The number of aliphatic hydroxyl groups is 1. The van der Waals surface area contributed by atoms with Crippen molar-refractivity contribution < 1.29 is 9.84 Å². The van der Waals surface area contributed by atoms with Crippen LogP contribution < -0.4 is 0 Å². The molecule has 14 heavy (non-hydrogen) atoms. The number of aliphatic hydroxyl groups excluding tert-OH is 1. The van der Waals surface area contributed by atoms with Gasteiger partial charge in [-0.05, 0) is 18.3 Å². The average molecular weight is 193 g/mol. The third kappa shape index (κ3) is 1.35. The molecule has 76 valence electrons. The summed E-state index contributed by atoms with van der Waals surface area (Å²) in [4.78, 5) is 0. The number of epoxide rings is 1. The van der Waals surface area contributed by atoms with Gasteiger partial charge in [-0.3, -0.25) is 0 Å². The van der Waals surface area contributed by atoms with Crippen LogP contribution in [0, 0.1) is 28.6 Å². The standard InChI is InChI=1S/C11H15NO2/c1-6(5-12)4-7-8(11(7,2)3)9-10(13)14-9/h4,7-10,13H,1-3H3/b6-4-/t7-,8?,9?,10?/m1/s1. The maximum absolute atomic E-state index is 9.17. The number of allylic oxidation sites excluding steroid dienone is 2. The largest absolute Gasteiger partial charge is 0.366 e. The van der Waals surface area contributed by atoms with E-state index in [1.807, 2.05) is 13.0 Å². The molecule has 1 N–H and O–H groups in total. The van der Waals surface area contributed by atoms with Gasteiger partial charge in [0.15, 0.2) is 6.29 Å². The molecule has 3 heteroatoms. The first-order chi connectivity index (χ1) is 6.48. The zero-order valence-corrected chi connectivity index (χ0v) is 8.69. The lowest BCUT2D eigenvalue weighted by molar-refractivity contribution is 0.155. The smallest absolute Gasteiger partial charge is 0.182 e. The third-order valence-electron chi connectivity index (χ3n) is 3.46. The Bertz CT molecular complexity index is 327. The minimum Gasteiger partial charge on any atom is -0.366 e. The van der Waals surface area contributed by atoms with Crippen LogP contribution in [0.15, 0.2) is 11.6 Å². The monoisotopic (exact) mass is 193 g/mol. The zero-order chi connectivity index (χ0) is 10.5. The molecule has 0 amide bonds. The molecule has 0 bridgehead atoms. The van der Waals surface area contributed by atoms with Gasteiger partial charge in [-0.2, -0.15) is 5.26 Å². The van der Waals surface area contributed by atoms with Crippen LogP contribution in [0.4, 0.5) is 0 Å². The predicted octanol–water partition coefficient (Wildman–Crippen LogP) is 1.45. The minimum absolute atomic E-state index is 0.00209. The van der Waals surface area contributed by atoms with E-state index in [-0.39, 0.29) is 11.5 Å². The molecule has 4 atom stereocenters. The van der Waals surface area contributed by atoms with Crippen molar-refractivity contribution in [1.29, 1.82) is 5.26 Å². The van der Waals surface area contributed by atoms with Crippen molar-refractivity contribution >= 4 is 0 Å². The van der Waals surface area contributed by atoms with Crippen LogP contribution in [0.3, 0.4) is 0 Å². The maximum atomic E-state index is 9.17. The molecular weight excluding hydrogens is 178 g/mol.